The van der Waals surface area contributed by atoms with Gasteiger partial charge in [0.15, 0.2) is 0 Å². The van der Waals surface area contributed by atoms with Gasteiger partial charge >= 0.3 is 12.2 Å². The molecule has 1 atom stereocenters. The Kier molecular flexibility index (Phi) is 8.29. The number of piperidine rings is 1. The van der Waals surface area contributed by atoms with Gasteiger partial charge in [-0.3, -0.25) is 4.79 Å². The number of anilines is 2. The van der Waals surface area contributed by atoms with Crippen LogP contribution < -0.4 is 15.5 Å². The third kappa shape index (κ3) is 6.56. The summed E-state index contributed by atoms with van der Waals surface area (Å²) in [6, 6.07) is 16.7. The molecule has 3 aromatic carbocycles. The number of hydrogen-bond acceptors (Lipinski definition) is 2. The summed E-state index contributed by atoms with van der Waals surface area (Å²) in [5, 5.41) is 5.75. The number of rotatable bonds is 6. The minimum atomic E-state index is -4.58. The molecule has 0 aromatic heterocycles. The Morgan fingerprint density at radius 3 is 2.30 bits per heavy atom. The fraction of sp³-hybridized carbons (Fsp3) is 0.259. The first kappa shape index (κ1) is 26.8. The quantitative estimate of drug-likeness (QED) is 0.338. The van der Waals surface area contributed by atoms with E-state index in [0.717, 1.165) is 17.2 Å². The lowest BCUT2D eigenvalue weighted by atomic mass is 9.89. The highest BCUT2D eigenvalue weighted by Gasteiger charge is 2.33. The number of alkyl halides is 3. The van der Waals surface area contributed by atoms with E-state index >= 15 is 0 Å². The van der Waals surface area contributed by atoms with E-state index in [0.29, 0.717) is 41.5 Å². The Morgan fingerprint density at radius 1 is 0.946 bits per heavy atom. The molecule has 1 unspecified atom stereocenters. The van der Waals surface area contributed by atoms with Crippen LogP contribution in [0.2, 0.25) is 10.0 Å². The van der Waals surface area contributed by atoms with E-state index in [4.69, 9.17) is 23.2 Å². The molecule has 1 aliphatic rings. The third-order valence-corrected chi connectivity index (χ3v) is 6.87. The highest BCUT2D eigenvalue weighted by molar-refractivity contribution is 6.39. The van der Waals surface area contributed by atoms with Crippen molar-refractivity contribution in [1.29, 1.82) is 0 Å². The first-order chi connectivity index (χ1) is 17.6. The minimum absolute atomic E-state index is 0.0444. The van der Waals surface area contributed by atoms with E-state index in [1.54, 1.807) is 23.1 Å². The third-order valence-electron chi connectivity index (χ3n) is 6.26. The van der Waals surface area contributed by atoms with Crippen LogP contribution >= 0.6 is 23.2 Å². The monoisotopic (exact) mass is 549 g/mol. The molecule has 1 aliphatic heterocycles. The number of nitrogens with one attached hydrogen (secondary N) is 2. The Morgan fingerprint density at radius 2 is 1.59 bits per heavy atom. The summed E-state index contributed by atoms with van der Waals surface area (Å²) in [7, 11) is 0. The summed E-state index contributed by atoms with van der Waals surface area (Å²) >= 11 is 12.7. The van der Waals surface area contributed by atoms with E-state index < -0.39 is 17.8 Å². The van der Waals surface area contributed by atoms with Crippen LogP contribution in [0.3, 0.4) is 0 Å². The number of carbonyl (C=O) groups excluding carboxylic acids is 2. The van der Waals surface area contributed by atoms with Gasteiger partial charge in [0.25, 0.3) is 0 Å². The van der Waals surface area contributed by atoms with E-state index in [-0.39, 0.29) is 24.1 Å². The van der Waals surface area contributed by atoms with Gasteiger partial charge < -0.3 is 15.5 Å². The van der Waals surface area contributed by atoms with Crippen LogP contribution in [-0.2, 0) is 23.9 Å². The van der Waals surface area contributed by atoms with Crippen molar-refractivity contribution in [2.45, 2.75) is 32.0 Å². The summed E-state index contributed by atoms with van der Waals surface area (Å²) < 4.78 is 39.7. The fourth-order valence-corrected chi connectivity index (χ4v) is 5.07. The molecule has 1 fully saturated rings. The van der Waals surface area contributed by atoms with Gasteiger partial charge in [-0.2, -0.15) is 13.2 Å². The van der Waals surface area contributed by atoms with Crippen molar-refractivity contribution in [1.82, 2.24) is 5.32 Å². The van der Waals surface area contributed by atoms with Gasteiger partial charge in [-0.1, -0.05) is 65.7 Å². The Bertz CT molecular complexity index is 1280. The van der Waals surface area contributed by atoms with Crippen LogP contribution in [0.25, 0.3) is 0 Å². The highest BCUT2D eigenvalue weighted by atomic mass is 35.5. The first-order valence-corrected chi connectivity index (χ1v) is 12.4. The van der Waals surface area contributed by atoms with Crippen molar-refractivity contribution < 1.29 is 22.8 Å². The maximum Gasteiger partial charge on any atom is 0.418 e. The van der Waals surface area contributed by atoms with Gasteiger partial charge in [0.2, 0.25) is 5.91 Å². The zero-order valence-electron chi connectivity index (χ0n) is 19.6. The maximum atomic E-state index is 13.2. The Hall–Kier alpha value is -3.23. The van der Waals surface area contributed by atoms with Crippen LogP contribution in [-0.4, -0.2) is 18.5 Å². The Labute approximate surface area is 222 Å². The van der Waals surface area contributed by atoms with Crippen molar-refractivity contribution in [3.63, 3.8) is 0 Å². The van der Waals surface area contributed by atoms with Crippen molar-refractivity contribution in [2.24, 2.45) is 5.92 Å². The maximum absolute atomic E-state index is 13.2. The molecule has 1 saturated heterocycles. The van der Waals surface area contributed by atoms with Gasteiger partial charge in [0.1, 0.15) is 0 Å². The van der Waals surface area contributed by atoms with Crippen molar-refractivity contribution in [3.8, 4) is 0 Å². The largest absolute Gasteiger partial charge is 0.418 e. The second kappa shape index (κ2) is 11.4. The lowest BCUT2D eigenvalue weighted by Crippen LogP contribution is -2.41. The van der Waals surface area contributed by atoms with Crippen molar-refractivity contribution in [3.05, 3.63) is 93.5 Å². The molecule has 0 aliphatic carbocycles. The lowest BCUT2D eigenvalue weighted by molar-refractivity contribution is -0.136. The lowest BCUT2D eigenvalue weighted by Gasteiger charge is -2.34. The zero-order chi connectivity index (χ0) is 26.6. The molecule has 3 amide bonds. The molecule has 2 N–H and O–H groups in total. The minimum Gasteiger partial charge on any atom is -0.334 e. The molecule has 194 valence electrons. The summed E-state index contributed by atoms with van der Waals surface area (Å²) in [5.41, 5.74) is 1.09. The number of nitrogens with zero attached hydrogens (tertiary/aromatic N) is 1. The average molecular weight is 550 g/mol. The van der Waals surface area contributed by atoms with Crippen LogP contribution in [0.5, 0.6) is 0 Å². The van der Waals surface area contributed by atoms with Crippen LogP contribution in [0.4, 0.5) is 29.3 Å². The van der Waals surface area contributed by atoms with Crippen molar-refractivity contribution in [2.75, 3.05) is 16.8 Å². The summed E-state index contributed by atoms with van der Waals surface area (Å²) in [6.45, 7) is 0.570. The number of urea groups is 1. The second-order valence-corrected chi connectivity index (χ2v) is 9.62. The molecular formula is C27H24Cl2F3N3O2. The molecule has 0 spiro atoms. The first-order valence-electron chi connectivity index (χ1n) is 11.7. The van der Waals surface area contributed by atoms with Crippen molar-refractivity contribution >= 4 is 46.5 Å². The SMILES string of the molecule is O=C(NCc1ccccc1CC1CCC(=O)N(c2c(Cl)cccc2Cl)C1)Nc1ccccc1C(F)(F)F. The standard InChI is InChI=1S/C27H24Cl2F3N3O2/c28-21-9-5-10-22(29)25(21)35-16-17(12-13-24(35)36)14-18-6-1-2-7-19(18)15-33-26(37)34-23-11-4-3-8-20(23)27(30,31)32/h1-11,17H,12-16H2,(H2,33,34,37). The number of hydrogen-bond donors (Lipinski definition) is 2. The molecule has 0 bridgehead atoms. The number of benzene rings is 3. The fourth-order valence-electron chi connectivity index (χ4n) is 4.46. The van der Waals surface area contributed by atoms with E-state index in [9.17, 15) is 22.8 Å². The zero-order valence-corrected chi connectivity index (χ0v) is 21.1. The molecule has 5 nitrogen and oxygen atoms in total. The normalized spacial score (nSPS) is 16.0. The van der Waals surface area contributed by atoms with Gasteiger partial charge in [0.05, 0.1) is 27.0 Å². The van der Waals surface area contributed by atoms with Crippen LogP contribution in [0, 0.1) is 5.92 Å². The van der Waals surface area contributed by atoms with Crippen LogP contribution in [0.1, 0.15) is 29.5 Å². The number of halogens is 5. The molecule has 3 aromatic rings. The smallest absolute Gasteiger partial charge is 0.334 e. The van der Waals surface area contributed by atoms with Gasteiger partial charge in [-0.15, -0.1) is 0 Å². The molecule has 1 heterocycles. The molecule has 37 heavy (non-hydrogen) atoms. The van der Waals surface area contributed by atoms with Crippen LogP contribution in [0.15, 0.2) is 66.7 Å². The summed E-state index contributed by atoms with van der Waals surface area (Å²) in [4.78, 5) is 26.7. The Balaban J connectivity index is 1.42. The summed E-state index contributed by atoms with van der Waals surface area (Å²) in [6.07, 6.45) is -2.90. The molecule has 10 heteroatoms. The average Bonchev–Trinajstić information content (AvgIpc) is 2.85. The topological polar surface area (TPSA) is 61.4 Å². The number of carbonyl (C=O) groups is 2. The second-order valence-electron chi connectivity index (χ2n) is 8.80. The molecule has 0 radical (unpaired) electrons. The van der Waals surface area contributed by atoms with E-state index in [2.05, 4.69) is 10.6 Å². The molecule has 4 rings (SSSR count). The number of amides is 3. The highest BCUT2D eigenvalue weighted by Crippen LogP contribution is 2.37. The van der Waals surface area contributed by atoms with Gasteiger partial charge in [0, 0.05) is 19.5 Å². The van der Waals surface area contributed by atoms with Gasteiger partial charge in [-0.05, 0) is 54.2 Å². The number of para-hydroxylation sites is 2. The summed E-state index contributed by atoms with van der Waals surface area (Å²) in [5.74, 6) is 0.0793. The van der Waals surface area contributed by atoms with Gasteiger partial charge in [-0.25, -0.2) is 4.79 Å². The predicted octanol–water partition coefficient (Wildman–Crippen LogP) is 7.32. The predicted molar refractivity (Wildman–Crippen MR) is 139 cm³/mol. The molecule has 0 saturated carbocycles. The van der Waals surface area contributed by atoms with E-state index in [1.807, 2.05) is 24.3 Å². The van der Waals surface area contributed by atoms with E-state index in [1.165, 1.54) is 18.2 Å². The molecular weight excluding hydrogens is 526 g/mol.